The van der Waals surface area contributed by atoms with Gasteiger partial charge in [0.1, 0.15) is 36.5 Å². The van der Waals surface area contributed by atoms with E-state index in [-0.39, 0.29) is 13.2 Å². The Hall–Kier alpha value is -3.02. The second-order valence-corrected chi connectivity index (χ2v) is 5.58. The van der Waals surface area contributed by atoms with Crippen molar-refractivity contribution in [1.82, 2.24) is 0 Å². The monoisotopic (exact) mass is 353 g/mol. The van der Waals surface area contributed by atoms with Crippen molar-refractivity contribution < 1.29 is 28.7 Å². The first-order valence-electron chi connectivity index (χ1n) is 7.97. The van der Waals surface area contributed by atoms with E-state index in [9.17, 15) is 15.1 Å². The average Bonchev–Trinajstić information content (AvgIpc) is 2.99. The number of nitrogens with zero attached hydrogens (tertiary/aromatic N) is 1. The van der Waals surface area contributed by atoms with Crippen LogP contribution in [0.2, 0.25) is 0 Å². The van der Waals surface area contributed by atoms with Gasteiger partial charge in [0.15, 0.2) is 0 Å². The van der Waals surface area contributed by atoms with Crippen molar-refractivity contribution in [3.63, 3.8) is 0 Å². The molecule has 26 heavy (non-hydrogen) atoms. The van der Waals surface area contributed by atoms with Gasteiger partial charge < -0.3 is 23.9 Å². The van der Waals surface area contributed by atoms with E-state index in [0.29, 0.717) is 29.4 Å². The molecule has 0 bridgehead atoms. The first-order chi connectivity index (χ1) is 12.6. The molecule has 0 aromatic heterocycles. The zero-order valence-corrected chi connectivity index (χ0v) is 14.1. The fourth-order valence-corrected chi connectivity index (χ4v) is 2.52. The molecule has 0 atom stereocenters. The molecule has 2 aromatic rings. The van der Waals surface area contributed by atoms with Gasteiger partial charge in [0.25, 0.3) is 0 Å². The van der Waals surface area contributed by atoms with Crippen LogP contribution >= 0.6 is 0 Å². The first-order valence-corrected chi connectivity index (χ1v) is 7.97. The summed E-state index contributed by atoms with van der Waals surface area (Å²) in [6.07, 6.45) is 0. The van der Waals surface area contributed by atoms with Crippen LogP contribution in [-0.4, -0.2) is 31.3 Å². The molecule has 0 fully saturated rings. The van der Waals surface area contributed by atoms with Crippen molar-refractivity contribution in [2.75, 3.05) is 13.2 Å². The lowest BCUT2D eigenvalue weighted by molar-refractivity contribution is -0.141. The van der Waals surface area contributed by atoms with Gasteiger partial charge in [-0.15, -0.1) is 0 Å². The van der Waals surface area contributed by atoms with Gasteiger partial charge in [-0.2, -0.15) is 5.26 Å². The zero-order valence-electron chi connectivity index (χ0n) is 14.1. The number of carbonyl (C=O) groups is 1. The summed E-state index contributed by atoms with van der Waals surface area (Å²) in [5.74, 6) is 1.02. The summed E-state index contributed by atoms with van der Waals surface area (Å²) in [6.45, 7) is 1.87. The summed E-state index contributed by atoms with van der Waals surface area (Å²) in [5.41, 5.74) is 1.94. The van der Waals surface area contributed by atoms with E-state index in [0.717, 1.165) is 11.0 Å². The highest BCUT2D eigenvalue weighted by Crippen LogP contribution is 2.29. The Morgan fingerprint density at radius 1 is 1.27 bits per heavy atom. The van der Waals surface area contributed by atoms with Crippen molar-refractivity contribution in [2.24, 2.45) is 0 Å². The molecule has 0 spiro atoms. The van der Waals surface area contributed by atoms with Crippen molar-refractivity contribution >= 4 is 18.6 Å². The van der Waals surface area contributed by atoms with Gasteiger partial charge in [-0.3, -0.25) is 4.79 Å². The summed E-state index contributed by atoms with van der Waals surface area (Å²) in [4.78, 5) is 10.8. The molecule has 0 unspecified atom stereocenters. The summed E-state index contributed by atoms with van der Waals surface area (Å²) in [7, 11) is -0.897. The molecule has 132 valence electrons. The van der Waals surface area contributed by atoms with E-state index in [1.807, 2.05) is 6.07 Å². The number of hydrogen-bond donors (Lipinski definition) is 1. The standard InChI is InChI=1S/C18H16BNO6/c1-12(21)23-6-7-24-18-9-16(3-2-13(18)10-20)26-15-4-5-17-14(8-15)11-25-19(17)22/h2-5,8-9,22H,6-7,11H2,1H3. The summed E-state index contributed by atoms with van der Waals surface area (Å²) >= 11 is 0. The Morgan fingerprint density at radius 2 is 2.04 bits per heavy atom. The maximum atomic E-state index is 10.8. The fraction of sp³-hybridized carbons (Fsp3) is 0.222. The maximum Gasteiger partial charge on any atom is 0.491 e. The van der Waals surface area contributed by atoms with Gasteiger partial charge in [0.05, 0.1) is 12.2 Å². The summed E-state index contributed by atoms with van der Waals surface area (Å²) < 4.78 is 21.3. The molecule has 0 aliphatic carbocycles. The molecule has 1 aliphatic heterocycles. The quantitative estimate of drug-likeness (QED) is 0.478. The van der Waals surface area contributed by atoms with Crippen molar-refractivity contribution in [3.05, 3.63) is 47.5 Å². The van der Waals surface area contributed by atoms with Gasteiger partial charge >= 0.3 is 13.1 Å². The number of esters is 1. The molecule has 1 aliphatic rings. The Bertz CT molecular complexity index is 863. The normalized spacial score (nSPS) is 12.3. The van der Waals surface area contributed by atoms with Crippen LogP contribution in [0, 0.1) is 11.3 Å². The van der Waals surface area contributed by atoms with E-state index in [1.165, 1.54) is 6.92 Å². The van der Waals surface area contributed by atoms with Crippen LogP contribution in [0.5, 0.6) is 17.2 Å². The Morgan fingerprint density at radius 3 is 2.81 bits per heavy atom. The van der Waals surface area contributed by atoms with E-state index < -0.39 is 13.1 Å². The minimum atomic E-state index is -0.897. The van der Waals surface area contributed by atoms with Crippen molar-refractivity contribution in [1.29, 1.82) is 5.26 Å². The summed E-state index contributed by atoms with van der Waals surface area (Å²) in [5, 5.41) is 18.8. The fourth-order valence-electron chi connectivity index (χ4n) is 2.52. The van der Waals surface area contributed by atoms with Crippen LogP contribution in [-0.2, 0) is 20.8 Å². The average molecular weight is 353 g/mol. The van der Waals surface area contributed by atoms with Crippen LogP contribution in [0.3, 0.4) is 0 Å². The highest BCUT2D eigenvalue weighted by molar-refractivity contribution is 6.61. The van der Waals surface area contributed by atoms with Crippen LogP contribution < -0.4 is 14.9 Å². The van der Waals surface area contributed by atoms with E-state index in [1.54, 1.807) is 36.4 Å². The molecule has 1 N–H and O–H groups in total. The predicted molar refractivity (Wildman–Crippen MR) is 92.2 cm³/mol. The molecule has 0 radical (unpaired) electrons. The summed E-state index contributed by atoms with van der Waals surface area (Å²) in [6, 6.07) is 12.2. The maximum absolute atomic E-state index is 10.8. The molecule has 1 heterocycles. The minimum Gasteiger partial charge on any atom is -0.489 e. The van der Waals surface area contributed by atoms with E-state index in [2.05, 4.69) is 0 Å². The van der Waals surface area contributed by atoms with Gasteiger partial charge in [-0.25, -0.2) is 0 Å². The largest absolute Gasteiger partial charge is 0.491 e. The molecule has 0 amide bonds. The Labute approximate surface area is 150 Å². The lowest BCUT2D eigenvalue weighted by Gasteiger charge is -2.11. The third-order valence-corrected chi connectivity index (χ3v) is 3.73. The van der Waals surface area contributed by atoms with Crippen molar-refractivity contribution in [3.8, 4) is 23.3 Å². The zero-order chi connectivity index (χ0) is 18.5. The number of hydrogen-bond acceptors (Lipinski definition) is 7. The SMILES string of the molecule is CC(=O)OCCOc1cc(Oc2ccc3c(c2)COB3O)ccc1C#N. The lowest BCUT2D eigenvalue weighted by atomic mass is 9.80. The number of carbonyl (C=O) groups excluding carboxylic acids is 1. The van der Waals surface area contributed by atoms with Crippen LogP contribution in [0.25, 0.3) is 0 Å². The second kappa shape index (κ2) is 7.91. The van der Waals surface area contributed by atoms with E-state index >= 15 is 0 Å². The van der Waals surface area contributed by atoms with Gasteiger partial charge in [0, 0.05) is 13.0 Å². The highest BCUT2D eigenvalue weighted by atomic mass is 16.6. The van der Waals surface area contributed by atoms with E-state index in [4.69, 9.17) is 18.9 Å². The molecular formula is C18H16BNO6. The first kappa shape index (κ1) is 17.8. The Balaban J connectivity index is 1.71. The van der Waals surface area contributed by atoms with Gasteiger partial charge in [-0.1, -0.05) is 6.07 Å². The number of ether oxygens (including phenoxy) is 3. The third-order valence-electron chi connectivity index (χ3n) is 3.73. The van der Waals surface area contributed by atoms with Gasteiger partial charge in [0.2, 0.25) is 0 Å². The number of benzene rings is 2. The number of nitriles is 1. The van der Waals surface area contributed by atoms with Crippen LogP contribution in [0.4, 0.5) is 0 Å². The van der Waals surface area contributed by atoms with Crippen LogP contribution in [0.1, 0.15) is 18.1 Å². The molecule has 2 aromatic carbocycles. The molecule has 3 rings (SSSR count). The molecule has 7 nitrogen and oxygen atoms in total. The minimum absolute atomic E-state index is 0.0957. The molecule has 8 heteroatoms. The number of fused-ring (bicyclic) bond motifs is 1. The third kappa shape index (κ3) is 4.14. The van der Waals surface area contributed by atoms with Crippen molar-refractivity contribution in [2.45, 2.75) is 13.5 Å². The Kier molecular flexibility index (Phi) is 5.41. The molecule has 0 saturated carbocycles. The number of rotatable bonds is 6. The lowest BCUT2D eigenvalue weighted by Crippen LogP contribution is -2.27. The highest BCUT2D eigenvalue weighted by Gasteiger charge is 2.27. The molecular weight excluding hydrogens is 337 g/mol. The second-order valence-electron chi connectivity index (χ2n) is 5.58. The predicted octanol–water partition coefficient (Wildman–Crippen LogP) is 1.51. The van der Waals surface area contributed by atoms with Crippen LogP contribution in [0.15, 0.2) is 36.4 Å². The van der Waals surface area contributed by atoms with Gasteiger partial charge in [-0.05, 0) is 35.3 Å². The molecule has 0 saturated heterocycles. The topological polar surface area (TPSA) is 98.0 Å². The smallest absolute Gasteiger partial charge is 0.489 e.